The van der Waals surface area contributed by atoms with Crippen LogP contribution in [0.5, 0.6) is 0 Å². The van der Waals surface area contributed by atoms with Crippen LogP contribution >= 0.6 is 0 Å². The van der Waals surface area contributed by atoms with E-state index in [9.17, 15) is 4.39 Å². The Labute approximate surface area is 106 Å². The first-order valence-electron chi connectivity index (χ1n) is 6.27. The van der Waals surface area contributed by atoms with Crippen molar-refractivity contribution in [3.63, 3.8) is 0 Å². The average molecular weight is 245 g/mol. The summed E-state index contributed by atoms with van der Waals surface area (Å²) in [6.07, 6.45) is 3.04. The van der Waals surface area contributed by atoms with Crippen molar-refractivity contribution in [3.05, 3.63) is 42.0 Å². The molecule has 1 N–H and O–H groups in total. The molecular formula is C14H16FN3. The van der Waals surface area contributed by atoms with Crippen LogP contribution in [0.4, 0.5) is 4.39 Å². The molecule has 94 valence electrons. The maximum absolute atomic E-state index is 13.8. The summed E-state index contributed by atoms with van der Waals surface area (Å²) < 4.78 is 15.8. The van der Waals surface area contributed by atoms with Crippen molar-refractivity contribution >= 4 is 0 Å². The zero-order chi connectivity index (χ0) is 12.5. The second kappa shape index (κ2) is 4.53. The van der Waals surface area contributed by atoms with Crippen LogP contribution in [0, 0.1) is 12.7 Å². The normalized spacial score (nSPS) is 19.3. The molecule has 1 aliphatic heterocycles. The molecule has 1 fully saturated rings. The topological polar surface area (TPSA) is 29.9 Å². The summed E-state index contributed by atoms with van der Waals surface area (Å²) in [4.78, 5) is 0. The summed E-state index contributed by atoms with van der Waals surface area (Å²) in [5.41, 5.74) is 2.40. The molecule has 3 rings (SSSR count). The SMILES string of the molecule is Cc1nn(C2CCNC2)cc1-c1ccccc1F. The maximum atomic E-state index is 13.8. The summed E-state index contributed by atoms with van der Waals surface area (Å²) in [6, 6.07) is 7.25. The lowest BCUT2D eigenvalue weighted by Gasteiger charge is -2.07. The van der Waals surface area contributed by atoms with Gasteiger partial charge in [0.15, 0.2) is 0 Å². The first-order valence-corrected chi connectivity index (χ1v) is 6.27. The molecule has 0 radical (unpaired) electrons. The Kier molecular flexibility index (Phi) is 2.88. The Morgan fingerprint density at radius 3 is 2.89 bits per heavy atom. The van der Waals surface area contributed by atoms with Crippen LogP contribution < -0.4 is 5.32 Å². The van der Waals surface area contributed by atoms with Gasteiger partial charge in [-0.1, -0.05) is 18.2 Å². The molecule has 3 nitrogen and oxygen atoms in total. The van der Waals surface area contributed by atoms with Gasteiger partial charge in [-0.2, -0.15) is 5.10 Å². The van der Waals surface area contributed by atoms with Gasteiger partial charge >= 0.3 is 0 Å². The Morgan fingerprint density at radius 2 is 2.17 bits per heavy atom. The van der Waals surface area contributed by atoms with Gasteiger partial charge in [-0.25, -0.2) is 4.39 Å². The summed E-state index contributed by atoms with van der Waals surface area (Å²) in [7, 11) is 0. The average Bonchev–Trinajstić information content (AvgIpc) is 2.99. The van der Waals surface area contributed by atoms with Gasteiger partial charge in [0.2, 0.25) is 0 Å². The van der Waals surface area contributed by atoms with Crippen LogP contribution in [-0.4, -0.2) is 22.9 Å². The van der Waals surface area contributed by atoms with E-state index in [1.807, 2.05) is 23.9 Å². The Bertz CT molecular complexity index is 556. The van der Waals surface area contributed by atoms with Crippen LogP contribution in [0.3, 0.4) is 0 Å². The number of aromatic nitrogens is 2. The molecular weight excluding hydrogens is 229 g/mol. The zero-order valence-corrected chi connectivity index (χ0v) is 10.4. The van der Waals surface area contributed by atoms with Gasteiger partial charge < -0.3 is 5.32 Å². The number of aryl methyl sites for hydroxylation is 1. The van der Waals surface area contributed by atoms with Crippen molar-refractivity contribution in [2.75, 3.05) is 13.1 Å². The van der Waals surface area contributed by atoms with Gasteiger partial charge in [0.05, 0.1) is 11.7 Å². The highest BCUT2D eigenvalue weighted by Crippen LogP contribution is 2.27. The van der Waals surface area contributed by atoms with Gasteiger partial charge in [-0.05, 0) is 26.0 Å². The van der Waals surface area contributed by atoms with Gasteiger partial charge in [0.25, 0.3) is 0 Å². The van der Waals surface area contributed by atoms with Crippen LogP contribution in [0.25, 0.3) is 11.1 Å². The molecule has 1 aliphatic rings. The molecule has 1 aromatic heterocycles. The van der Waals surface area contributed by atoms with E-state index in [1.165, 1.54) is 6.07 Å². The fraction of sp³-hybridized carbons (Fsp3) is 0.357. The second-order valence-corrected chi connectivity index (χ2v) is 4.73. The van der Waals surface area contributed by atoms with Crippen LogP contribution in [0.15, 0.2) is 30.5 Å². The van der Waals surface area contributed by atoms with Crippen LogP contribution in [0.2, 0.25) is 0 Å². The molecule has 2 aromatic rings. The number of rotatable bonds is 2. The Hall–Kier alpha value is -1.68. The van der Waals surface area contributed by atoms with Crippen molar-refractivity contribution in [3.8, 4) is 11.1 Å². The van der Waals surface area contributed by atoms with Crippen molar-refractivity contribution in [2.24, 2.45) is 0 Å². The number of halogens is 1. The predicted octanol–water partition coefficient (Wildman–Crippen LogP) is 2.53. The van der Waals surface area contributed by atoms with E-state index in [-0.39, 0.29) is 5.82 Å². The lowest BCUT2D eigenvalue weighted by Crippen LogP contribution is -2.13. The number of nitrogens with one attached hydrogen (secondary N) is 1. The monoisotopic (exact) mass is 245 g/mol. The molecule has 0 bridgehead atoms. The first kappa shape index (κ1) is 11.4. The van der Waals surface area contributed by atoms with E-state index in [1.54, 1.807) is 12.1 Å². The summed E-state index contributed by atoms with van der Waals surface area (Å²) in [5.74, 6) is -0.190. The van der Waals surface area contributed by atoms with Crippen molar-refractivity contribution in [1.29, 1.82) is 0 Å². The van der Waals surface area contributed by atoms with Crippen LogP contribution in [0.1, 0.15) is 18.2 Å². The Balaban J connectivity index is 2.00. The molecule has 18 heavy (non-hydrogen) atoms. The fourth-order valence-electron chi connectivity index (χ4n) is 2.48. The smallest absolute Gasteiger partial charge is 0.131 e. The number of nitrogens with zero attached hydrogens (tertiary/aromatic N) is 2. The standard InChI is InChI=1S/C14H16FN3/c1-10-13(12-4-2-3-5-14(12)15)9-18(17-10)11-6-7-16-8-11/h2-5,9,11,16H,6-8H2,1H3. The van der Waals surface area contributed by atoms with Crippen molar-refractivity contribution < 1.29 is 4.39 Å². The van der Waals surface area contributed by atoms with E-state index >= 15 is 0 Å². The lowest BCUT2D eigenvalue weighted by atomic mass is 10.1. The highest BCUT2D eigenvalue weighted by atomic mass is 19.1. The molecule has 1 saturated heterocycles. The molecule has 0 saturated carbocycles. The number of hydrogen-bond donors (Lipinski definition) is 1. The van der Waals surface area contributed by atoms with Gasteiger partial charge in [-0.3, -0.25) is 4.68 Å². The number of benzene rings is 1. The van der Waals surface area contributed by atoms with Crippen molar-refractivity contribution in [1.82, 2.24) is 15.1 Å². The molecule has 0 spiro atoms. The van der Waals surface area contributed by atoms with E-state index in [0.29, 0.717) is 11.6 Å². The van der Waals surface area contributed by atoms with Gasteiger partial charge in [0.1, 0.15) is 5.82 Å². The first-order chi connectivity index (χ1) is 8.75. The van der Waals surface area contributed by atoms with E-state index in [2.05, 4.69) is 10.4 Å². The highest BCUT2D eigenvalue weighted by molar-refractivity contribution is 5.65. The quantitative estimate of drug-likeness (QED) is 0.881. The zero-order valence-electron chi connectivity index (χ0n) is 10.4. The minimum atomic E-state index is -0.190. The predicted molar refractivity (Wildman–Crippen MR) is 68.9 cm³/mol. The molecule has 1 unspecified atom stereocenters. The lowest BCUT2D eigenvalue weighted by molar-refractivity contribution is 0.488. The Morgan fingerprint density at radius 1 is 1.33 bits per heavy atom. The van der Waals surface area contributed by atoms with Crippen LogP contribution in [-0.2, 0) is 0 Å². The minimum absolute atomic E-state index is 0.190. The van der Waals surface area contributed by atoms with Crippen molar-refractivity contribution in [2.45, 2.75) is 19.4 Å². The molecule has 0 amide bonds. The highest BCUT2D eigenvalue weighted by Gasteiger charge is 2.19. The number of hydrogen-bond acceptors (Lipinski definition) is 2. The van der Waals surface area contributed by atoms with E-state index in [4.69, 9.17) is 0 Å². The largest absolute Gasteiger partial charge is 0.315 e. The summed E-state index contributed by atoms with van der Waals surface area (Å²) in [5, 5.41) is 7.84. The minimum Gasteiger partial charge on any atom is -0.315 e. The second-order valence-electron chi connectivity index (χ2n) is 4.73. The molecule has 4 heteroatoms. The molecule has 1 atom stereocenters. The third kappa shape index (κ3) is 1.93. The summed E-state index contributed by atoms with van der Waals surface area (Å²) in [6.45, 7) is 3.90. The fourth-order valence-corrected chi connectivity index (χ4v) is 2.48. The third-order valence-corrected chi connectivity index (χ3v) is 3.49. The van der Waals surface area contributed by atoms with Gasteiger partial charge in [-0.15, -0.1) is 0 Å². The summed E-state index contributed by atoms with van der Waals surface area (Å²) >= 11 is 0. The molecule has 2 heterocycles. The maximum Gasteiger partial charge on any atom is 0.131 e. The molecule has 1 aromatic carbocycles. The third-order valence-electron chi connectivity index (χ3n) is 3.49. The van der Waals surface area contributed by atoms with E-state index in [0.717, 1.165) is 30.8 Å². The van der Waals surface area contributed by atoms with Gasteiger partial charge in [0, 0.05) is 23.9 Å². The van der Waals surface area contributed by atoms with E-state index < -0.39 is 0 Å². The molecule has 0 aliphatic carbocycles.